The number of amides is 1. The van der Waals surface area contributed by atoms with E-state index in [9.17, 15) is 4.79 Å². The van der Waals surface area contributed by atoms with Gasteiger partial charge in [-0.05, 0) is 18.2 Å². The van der Waals surface area contributed by atoms with Crippen LogP contribution >= 0.6 is 0 Å². The number of carbonyl (C=O) groups excluding carboxylic acids is 1. The average molecular weight is 327 g/mol. The van der Waals surface area contributed by atoms with Crippen LogP contribution in [0.1, 0.15) is 0 Å². The van der Waals surface area contributed by atoms with Gasteiger partial charge in [0, 0.05) is 55.9 Å². The Balaban J connectivity index is 1.64. The number of carbonyl (C=O) groups is 1. The normalized spacial score (nSPS) is 15.2. The molecule has 0 atom stereocenters. The van der Waals surface area contributed by atoms with Gasteiger partial charge in [0.1, 0.15) is 5.49 Å². The molecule has 0 radical (unpaired) electrons. The van der Waals surface area contributed by atoms with Gasteiger partial charge in [0.2, 0.25) is 0 Å². The minimum Gasteiger partial charge on any atom is -0.379 e. The molecule has 1 amide bonds. The zero-order chi connectivity index (χ0) is 16.8. The molecular weight excluding hydrogens is 306 g/mol. The second-order valence-corrected chi connectivity index (χ2v) is 5.60. The first kappa shape index (κ1) is 16.4. The maximum Gasteiger partial charge on any atom is 0.327 e. The van der Waals surface area contributed by atoms with Gasteiger partial charge in [0.05, 0.1) is 13.2 Å². The predicted octanol–water partition coefficient (Wildman–Crippen LogP) is 0.919. The van der Waals surface area contributed by atoms with Crippen LogP contribution in [0.3, 0.4) is 0 Å². The van der Waals surface area contributed by atoms with Crippen LogP contribution in [0.15, 0.2) is 42.9 Å². The van der Waals surface area contributed by atoms with Crippen molar-refractivity contribution in [2.45, 2.75) is 0 Å². The van der Waals surface area contributed by atoms with E-state index in [4.69, 9.17) is 10.1 Å². The zero-order valence-electron chi connectivity index (χ0n) is 13.4. The van der Waals surface area contributed by atoms with Crippen molar-refractivity contribution in [2.24, 2.45) is 0 Å². The Bertz CT molecular complexity index is 738. The highest BCUT2D eigenvalue weighted by molar-refractivity contribution is 5.78. The van der Waals surface area contributed by atoms with E-state index in [0.29, 0.717) is 6.54 Å². The van der Waals surface area contributed by atoms with Gasteiger partial charge < -0.3 is 10.1 Å². The van der Waals surface area contributed by atoms with Crippen LogP contribution in [0.25, 0.3) is 11.1 Å². The molecule has 0 bridgehead atoms. The molecule has 7 heteroatoms. The van der Waals surface area contributed by atoms with Gasteiger partial charge in [-0.1, -0.05) is 6.07 Å². The number of aromatic nitrogens is 2. The quantitative estimate of drug-likeness (QED) is 0.875. The summed E-state index contributed by atoms with van der Waals surface area (Å²) in [4.78, 5) is 18.7. The van der Waals surface area contributed by atoms with E-state index >= 15 is 0 Å². The third-order valence-electron chi connectivity index (χ3n) is 3.97. The van der Waals surface area contributed by atoms with E-state index in [0.717, 1.165) is 44.0 Å². The molecule has 1 aliphatic rings. The molecule has 3 rings (SSSR count). The highest BCUT2D eigenvalue weighted by atomic mass is 16.5. The van der Waals surface area contributed by atoms with Crippen LogP contribution in [-0.2, 0) is 4.74 Å². The molecule has 24 heavy (non-hydrogen) atoms. The number of rotatable bonds is 4. The fourth-order valence-electron chi connectivity index (χ4n) is 2.60. The summed E-state index contributed by atoms with van der Waals surface area (Å²) in [6.45, 7) is 4.60. The molecule has 7 nitrogen and oxygen atoms in total. The summed E-state index contributed by atoms with van der Waals surface area (Å²) >= 11 is 0. The Hall–Kier alpha value is -2.51. The van der Waals surface area contributed by atoms with E-state index in [2.05, 4.69) is 15.2 Å². The van der Waals surface area contributed by atoms with Crippen LogP contribution in [0.2, 0.25) is 0 Å². The number of morpholine rings is 1. The van der Waals surface area contributed by atoms with Crippen molar-refractivity contribution in [3.8, 4) is 11.1 Å². The molecule has 0 aromatic carbocycles. The Morgan fingerprint density at radius 1 is 1.25 bits per heavy atom. The van der Waals surface area contributed by atoms with Crippen LogP contribution in [-0.4, -0.2) is 59.9 Å². The number of pyridine rings is 2. The van der Waals surface area contributed by atoms with E-state index in [1.807, 2.05) is 18.2 Å². The average Bonchev–Trinajstić information content (AvgIpc) is 2.63. The maximum atomic E-state index is 12.4. The second-order valence-electron chi connectivity index (χ2n) is 5.60. The molecule has 0 unspecified atom stereocenters. The minimum absolute atomic E-state index is 0.145. The molecule has 126 valence electrons. The highest BCUT2D eigenvalue weighted by Gasteiger charge is 2.11. The standard InChI is InChI=1S/C17H21N5O2/c18-16-4-3-15(14-2-1-5-19-12-14)13-22(16)17(23)20-6-7-21-8-10-24-11-9-21/h1-5,12-13,18H,6-11H2,(H,20,23). The van der Waals surface area contributed by atoms with Crippen LogP contribution < -0.4 is 10.8 Å². The summed E-state index contributed by atoms with van der Waals surface area (Å²) in [5.74, 6) is 0. The van der Waals surface area contributed by atoms with E-state index in [-0.39, 0.29) is 11.5 Å². The monoisotopic (exact) mass is 327 g/mol. The molecule has 1 fully saturated rings. The van der Waals surface area contributed by atoms with Gasteiger partial charge in [0.15, 0.2) is 0 Å². The van der Waals surface area contributed by atoms with Crippen LogP contribution in [0.5, 0.6) is 0 Å². The molecule has 2 aromatic heterocycles. The van der Waals surface area contributed by atoms with Crippen molar-refractivity contribution < 1.29 is 9.53 Å². The third-order valence-corrected chi connectivity index (χ3v) is 3.97. The molecule has 3 heterocycles. The number of ether oxygens (including phenoxy) is 1. The summed E-state index contributed by atoms with van der Waals surface area (Å²) in [5.41, 5.74) is 1.90. The second kappa shape index (κ2) is 7.85. The molecule has 1 aliphatic heterocycles. The summed E-state index contributed by atoms with van der Waals surface area (Å²) in [5, 5.41) is 10.8. The Morgan fingerprint density at radius 2 is 2.08 bits per heavy atom. The van der Waals surface area contributed by atoms with Crippen LogP contribution in [0.4, 0.5) is 4.79 Å². The highest BCUT2D eigenvalue weighted by Crippen LogP contribution is 2.15. The van der Waals surface area contributed by atoms with Crippen molar-refractivity contribution >= 4 is 6.03 Å². The predicted molar refractivity (Wildman–Crippen MR) is 89.6 cm³/mol. The van der Waals surface area contributed by atoms with Gasteiger partial charge >= 0.3 is 6.03 Å². The van der Waals surface area contributed by atoms with Crippen molar-refractivity contribution in [1.82, 2.24) is 19.8 Å². The van der Waals surface area contributed by atoms with Gasteiger partial charge in [-0.15, -0.1) is 0 Å². The first-order valence-corrected chi connectivity index (χ1v) is 8.00. The Morgan fingerprint density at radius 3 is 2.83 bits per heavy atom. The van der Waals surface area contributed by atoms with Crippen molar-refractivity contribution in [3.63, 3.8) is 0 Å². The molecule has 1 saturated heterocycles. The van der Waals surface area contributed by atoms with Crippen molar-refractivity contribution in [1.29, 1.82) is 5.41 Å². The molecule has 0 spiro atoms. The summed E-state index contributed by atoms with van der Waals surface area (Å²) < 4.78 is 6.63. The van der Waals surface area contributed by atoms with Crippen LogP contribution in [0, 0.1) is 5.41 Å². The van der Waals surface area contributed by atoms with Crippen molar-refractivity contribution in [2.75, 3.05) is 39.4 Å². The Kier molecular flexibility index (Phi) is 5.35. The van der Waals surface area contributed by atoms with Gasteiger partial charge in [0.25, 0.3) is 0 Å². The lowest BCUT2D eigenvalue weighted by atomic mass is 10.1. The lowest BCUT2D eigenvalue weighted by molar-refractivity contribution is 0.0387. The minimum atomic E-state index is -0.293. The van der Waals surface area contributed by atoms with Gasteiger partial charge in [-0.3, -0.25) is 19.9 Å². The first-order chi connectivity index (χ1) is 11.7. The summed E-state index contributed by atoms with van der Waals surface area (Å²) in [6, 6.07) is 6.91. The number of nitrogens with one attached hydrogen (secondary N) is 2. The van der Waals surface area contributed by atoms with E-state index < -0.39 is 0 Å². The number of nitrogens with zero attached hydrogens (tertiary/aromatic N) is 3. The molecule has 0 saturated carbocycles. The van der Waals surface area contributed by atoms with E-state index in [1.165, 1.54) is 4.57 Å². The third kappa shape index (κ3) is 4.06. The SMILES string of the molecule is N=c1ccc(-c2cccnc2)cn1C(=O)NCCN1CCOCC1. The molecule has 0 aliphatic carbocycles. The number of hydrogen-bond acceptors (Lipinski definition) is 5. The molecule has 2 aromatic rings. The fraction of sp³-hybridized carbons (Fsp3) is 0.353. The molecular formula is C17H21N5O2. The van der Waals surface area contributed by atoms with Gasteiger partial charge in [-0.2, -0.15) is 0 Å². The summed E-state index contributed by atoms with van der Waals surface area (Å²) in [6.07, 6.45) is 5.11. The van der Waals surface area contributed by atoms with E-state index in [1.54, 1.807) is 24.7 Å². The van der Waals surface area contributed by atoms with Gasteiger partial charge in [-0.25, -0.2) is 4.79 Å². The van der Waals surface area contributed by atoms with Crippen molar-refractivity contribution in [3.05, 3.63) is 48.3 Å². The smallest absolute Gasteiger partial charge is 0.327 e. The largest absolute Gasteiger partial charge is 0.379 e. The number of hydrogen-bond donors (Lipinski definition) is 2. The molecule has 2 N–H and O–H groups in total. The lowest BCUT2D eigenvalue weighted by Gasteiger charge is -2.26. The lowest BCUT2D eigenvalue weighted by Crippen LogP contribution is -2.43. The summed E-state index contributed by atoms with van der Waals surface area (Å²) in [7, 11) is 0. The first-order valence-electron chi connectivity index (χ1n) is 8.00. The Labute approximate surface area is 140 Å². The maximum absolute atomic E-state index is 12.4. The topological polar surface area (TPSA) is 83.2 Å². The fourth-order valence-corrected chi connectivity index (χ4v) is 2.60. The zero-order valence-corrected chi connectivity index (χ0v) is 13.4.